The maximum Gasteiger partial charge on any atom is 0.308 e. The van der Waals surface area contributed by atoms with Gasteiger partial charge in [0.15, 0.2) is 0 Å². The Morgan fingerprint density at radius 2 is 2.10 bits per heavy atom. The number of carboxylic acids is 1. The van der Waals surface area contributed by atoms with E-state index in [-0.39, 0.29) is 4.90 Å². The summed E-state index contributed by atoms with van der Waals surface area (Å²) >= 11 is 8.99. The second-order valence-electron chi connectivity index (χ2n) is 4.68. The van der Waals surface area contributed by atoms with E-state index < -0.39 is 28.0 Å². The van der Waals surface area contributed by atoms with Crippen LogP contribution < -0.4 is 4.72 Å². The molecule has 0 aliphatic heterocycles. The highest BCUT2D eigenvalue weighted by Gasteiger charge is 2.35. The van der Waals surface area contributed by atoms with Crippen LogP contribution in [0.3, 0.4) is 0 Å². The van der Waals surface area contributed by atoms with E-state index in [1.807, 2.05) is 0 Å². The first-order chi connectivity index (χ1) is 9.31. The van der Waals surface area contributed by atoms with Crippen LogP contribution in [0, 0.1) is 5.92 Å². The number of aliphatic carboxylic acids is 1. The Hall–Kier alpha value is -0.630. The Bertz CT molecular complexity index is 634. The van der Waals surface area contributed by atoms with Crippen molar-refractivity contribution >= 4 is 43.5 Å². The van der Waals surface area contributed by atoms with Crippen molar-refractivity contribution in [3.05, 3.63) is 27.7 Å². The molecular weight excluding hydrogens is 370 g/mol. The number of rotatable bonds is 4. The van der Waals surface area contributed by atoms with Crippen LogP contribution in [0.15, 0.2) is 27.6 Å². The van der Waals surface area contributed by atoms with Crippen molar-refractivity contribution in [2.24, 2.45) is 5.92 Å². The summed E-state index contributed by atoms with van der Waals surface area (Å²) in [5.74, 6) is -1.63. The van der Waals surface area contributed by atoms with Gasteiger partial charge in [0.25, 0.3) is 0 Å². The van der Waals surface area contributed by atoms with Crippen molar-refractivity contribution in [3.63, 3.8) is 0 Å². The van der Waals surface area contributed by atoms with Gasteiger partial charge in [0, 0.05) is 10.5 Å². The SMILES string of the molecule is O=C(O)C1CCCC1NS(=O)(=O)c1ccc(Cl)c(Br)c1. The molecule has 1 aliphatic rings. The Morgan fingerprint density at radius 3 is 2.70 bits per heavy atom. The molecule has 1 aromatic rings. The Morgan fingerprint density at radius 1 is 1.40 bits per heavy atom. The summed E-state index contributed by atoms with van der Waals surface area (Å²) in [4.78, 5) is 11.1. The van der Waals surface area contributed by atoms with Crippen molar-refractivity contribution in [3.8, 4) is 0 Å². The molecule has 0 heterocycles. The second-order valence-corrected chi connectivity index (χ2v) is 7.65. The molecule has 20 heavy (non-hydrogen) atoms. The van der Waals surface area contributed by atoms with Gasteiger partial charge in [0.2, 0.25) is 10.0 Å². The molecule has 1 aliphatic carbocycles. The van der Waals surface area contributed by atoms with Gasteiger partial charge < -0.3 is 5.11 Å². The van der Waals surface area contributed by atoms with Gasteiger partial charge in [-0.2, -0.15) is 0 Å². The van der Waals surface area contributed by atoms with Crippen LogP contribution in [0.25, 0.3) is 0 Å². The van der Waals surface area contributed by atoms with Gasteiger partial charge in [-0.3, -0.25) is 4.79 Å². The number of hydrogen-bond acceptors (Lipinski definition) is 3. The molecule has 8 heteroatoms. The Labute approximate surface area is 130 Å². The summed E-state index contributed by atoms with van der Waals surface area (Å²) in [5.41, 5.74) is 0. The highest BCUT2D eigenvalue weighted by Crippen LogP contribution is 2.29. The standard InChI is InChI=1S/C12H13BrClNO4S/c13-9-6-7(4-5-10(9)14)20(18,19)15-11-3-1-2-8(11)12(16)17/h4-6,8,11,15H,1-3H2,(H,16,17). The minimum Gasteiger partial charge on any atom is -0.481 e. The zero-order valence-corrected chi connectivity index (χ0v) is 13.5. The fourth-order valence-electron chi connectivity index (χ4n) is 2.31. The topological polar surface area (TPSA) is 83.5 Å². The number of nitrogens with one attached hydrogen (secondary N) is 1. The smallest absolute Gasteiger partial charge is 0.308 e. The van der Waals surface area contributed by atoms with Crippen molar-refractivity contribution in [2.45, 2.75) is 30.2 Å². The van der Waals surface area contributed by atoms with E-state index in [1.165, 1.54) is 18.2 Å². The number of carbonyl (C=O) groups is 1. The summed E-state index contributed by atoms with van der Waals surface area (Å²) in [6.45, 7) is 0. The van der Waals surface area contributed by atoms with Crippen LogP contribution in [0.2, 0.25) is 5.02 Å². The molecule has 2 N–H and O–H groups in total. The molecule has 110 valence electrons. The maximum absolute atomic E-state index is 12.3. The van der Waals surface area contributed by atoms with Crippen molar-refractivity contribution < 1.29 is 18.3 Å². The van der Waals surface area contributed by atoms with Crippen LogP contribution in [-0.4, -0.2) is 25.5 Å². The molecule has 5 nitrogen and oxygen atoms in total. The summed E-state index contributed by atoms with van der Waals surface area (Å²) < 4.78 is 27.5. The molecule has 0 saturated heterocycles. The van der Waals surface area contributed by atoms with Gasteiger partial charge in [-0.15, -0.1) is 0 Å². The van der Waals surface area contributed by atoms with E-state index in [0.717, 1.165) is 0 Å². The zero-order valence-electron chi connectivity index (χ0n) is 10.3. The van der Waals surface area contributed by atoms with Crippen LogP contribution in [0.5, 0.6) is 0 Å². The Balaban J connectivity index is 2.22. The van der Waals surface area contributed by atoms with E-state index in [1.54, 1.807) is 0 Å². The lowest BCUT2D eigenvalue weighted by atomic mass is 10.1. The number of hydrogen-bond donors (Lipinski definition) is 2. The quantitative estimate of drug-likeness (QED) is 0.838. The first-order valence-electron chi connectivity index (χ1n) is 6.01. The van der Waals surface area contributed by atoms with Crippen molar-refractivity contribution in [1.29, 1.82) is 0 Å². The Kier molecular flexibility index (Phi) is 4.73. The number of carboxylic acid groups (broad SMARTS) is 1. The first kappa shape index (κ1) is 15.8. The summed E-state index contributed by atoms with van der Waals surface area (Å²) in [6, 6.07) is 3.70. The predicted molar refractivity (Wildman–Crippen MR) is 78.2 cm³/mol. The number of benzene rings is 1. The highest BCUT2D eigenvalue weighted by molar-refractivity contribution is 9.10. The molecule has 0 radical (unpaired) electrons. The van der Waals surface area contributed by atoms with Gasteiger partial charge in [-0.25, -0.2) is 13.1 Å². The van der Waals surface area contributed by atoms with Crippen LogP contribution in [0.1, 0.15) is 19.3 Å². The van der Waals surface area contributed by atoms with Crippen molar-refractivity contribution in [1.82, 2.24) is 4.72 Å². The van der Waals surface area contributed by atoms with Gasteiger partial charge in [0.05, 0.1) is 15.8 Å². The first-order valence-corrected chi connectivity index (χ1v) is 8.67. The summed E-state index contributed by atoms with van der Waals surface area (Å²) in [5, 5.41) is 9.48. The molecule has 2 unspecified atom stereocenters. The molecule has 1 fully saturated rings. The van der Waals surface area contributed by atoms with E-state index in [4.69, 9.17) is 16.7 Å². The maximum atomic E-state index is 12.3. The third-order valence-electron chi connectivity index (χ3n) is 3.34. The molecule has 2 atom stereocenters. The number of halogens is 2. The predicted octanol–water partition coefficient (Wildman–Crippen LogP) is 2.63. The third-order valence-corrected chi connectivity index (χ3v) is 6.04. The molecule has 2 rings (SSSR count). The van der Waals surface area contributed by atoms with Crippen LogP contribution in [0.4, 0.5) is 0 Å². The number of sulfonamides is 1. The monoisotopic (exact) mass is 381 g/mol. The minimum absolute atomic E-state index is 0.0600. The van der Waals surface area contributed by atoms with Crippen LogP contribution >= 0.6 is 27.5 Å². The highest BCUT2D eigenvalue weighted by atomic mass is 79.9. The normalized spacial score (nSPS) is 22.9. The average Bonchev–Trinajstić information content (AvgIpc) is 2.80. The molecule has 1 saturated carbocycles. The fraction of sp³-hybridized carbons (Fsp3) is 0.417. The lowest BCUT2D eigenvalue weighted by Crippen LogP contribution is -2.40. The van der Waals surface area contributed by atoms with Gasteiger partial charge in [-0.05, 0) is 47.0 Å². The fourth-order valence-corrected chi connectivity index (χ4v) is 4.29. The molecule has 0 amide bonds. The summed E-state index contributed by atoms with van der Waals surface area (Å²) in [7, 11) is -3.75. The van der Waals surface area contributed by atoms with Gasteiger partial charge in [-0.1, -0.05) is 18.0 Å². The molecule has 1 aromatic carbocycles. The second kappa shape index (κ2) is 6.01. The zero-order chi connectivity index (χ0) is 14.9. The lowest BCUT2D eigenvalue weighted by molar-refractivity contribution is -0.141. The molecule has 0 aromatic heterocycles. The minimum atomic E-state index is -3.75. The third kappa shape index (κ3) is 3.33. The molecule has 0 spiro atoms. The van der Waals surface area contributed by atoms with E-state index in [2.05, 4.69) is 20.7 Å². The average molecular weight is 383 g/mol. The van der Waals surface area contributed by atoms with E-state index >= 15 is 0 Å². The van der Waals surface area contributed by atoms with E-state index in [0.29, 0.717) is 28.8 Å². The van der Waals surface area contributed by atoms with Gasteiger partial charge >= 0.3 is 5.97 Å². The van der Waals surface area contributed by atoms with Gasteiger partial charge in [0.1, 0.15) is 0 Å². The molecule has 0 bridgehead atoms. The largest absolute Gasteiger partial charge is 0.481 e. The summed E-state index contributed by atoms with van der Waals surface area (Å²) in [6.07, 6.45) is 1.73. The molecular formula is C12H13BrClNO4S. The van der Waals surface area contributed by atoms with Crippen molar-refractivity contribution in [2.75, 3.05) is 0 Å². The van der Waals surface area contributed by atoms with E-state index in [9.17, 15) is 13.2 Å². The van der Waals surface area contributed by atoms with Crippen LogP contribution in [-0.2, 0) is 14.8 Å². The lowest BCUT2D eigenvalue weighted by Gasteiger charge is -2.17.